The number of carboxylic acids is 1. The summed E-state index contributed by atoms with van der Waals surface area (Å²) in [5, 5.41) is 29.5. The maximum atomic E-state index is 13.7. The molecule has 0 saturated carbocycles. The van der Waals surface area contributed by atoms with Crippen LogP contribution in [0.25, 0.3) is 0 Å². The SMILES string of the molecule is C[C@@H](C(=O)O)N(F)c1ccc([N+](=O)[O-])cc1[N+](=O)[O-]. The van der Waals surface area contributed by atoms with Gasteiger partial charge in [-0.05, 0) is 13.0 Å². The first-order valence-electron chi connectivity index (χ1n) is 4.86. The Labute approximate surface area is 105 Å². The molecule has 1 rings (SSSR count). The van der Waals surface area contributed by atoms with E-state index in [0.717, 1.165) is 19.1 Å². The average Bonchev–Trinajstić information content (AvgIpc) is 2.35. The van der Waals surface area contributed by atoms with Gasteiger partial charge < -0.3 is 5.11 Å². The van der Waals surface area contributed by atoms with Crippen LogP contribution in [0.5, 0.6) is 0 Å². The number of aliphatic carboxylic acids is 1. The van der Waals surface area contributed by atoms with Crippen molar-refractivity contribution < 1.29 is 24.2 Å². The number of hydrogen-bond donors (Lipinski definition) is 1. The van der Waals surface area contributed by atoms with Crippen molar-refractivity contribution in [3.63, 3.8) is 0 Å². The van der Waals surface area contributed by atoms with Crippen molar-refractivity contribution in [3.05, 3.63) is 38.4 Å². The van der Waals surface area contributed by atoms with Crippen LogP contribution in [0.3, 0.4) is 0 Å². The zero-order valence-electron chi connectivity index (χ0n) is 9.52. The van der Waals surface area contributed by atoms with Crippen LogP contribution in [0.1, 0.15) is 6.92 Å². The summed E-state index contributed by atoms with van der Waals surface area (Å²) < 4.78 is 13.7. The standard InChI is InChI=1S/C9H8FN3O6/c1-5(9(14)15)11(10)7-3-2-6(12(16)17)4-8(7)13(18)19/h2-5H,1H3,(H,14,15)/t5-/m0/s1. The molecule has 19 heavy (non-hydrogen) atoms. The van der Waals surface area contributed by atoms with E-state index in [4.69, 9.17) is 5.11 Å². The van der Waals surface area contributed by atoms with E-state index < -0.39 is 38.9 Å². The summed E-state index contributed by atoms with van der Waals surface area (Å²) in [6.07, 6.45) is 0. The normalized spacial score (nSPS) is 11.7. The van der Waals surface area contributed by atoms with Crippen LogP contribution in [0.15, 0.2) is 18.2 Å². The van der Waals surface area contributed by atoms with Gasteiger partial charge in [0.15, 0.2) is 6.04 Å². The van der Waals surface area contributed by atoms with Gasteiger partial charge in [0.05, 0.1) is 15.9 Å². The van der Waals surface area contributed by atoms with E-state index in [1.165, 1.54) is 0 Å². The van der Waals surface area contributed by atoms with Crippen LogP contribution >= 0.6 is 0 Å². The summed E-state index contributed by atoms with van der Waals surface area (Å²) in [7, 11) is 0. The first kappa shape index (κ1) is 14.3. The fraction of sp³-hybridized carbons (Fsp3) is 0.222. The first-order chi connectivity index (χ1) is 8.75. The van der Waals surface area contributed by atoms with Crippen LogP contribution in [-0.2, 0) is 4.79 Å². The van der Waals surface area contributed by atoms with Crippen molar-refractivity contribution in [1.29, 1.82) is 0 Å². The molecule has 0 bridgehead atoms. The number of nitro groups is 2. The molecule has 0 aliphatic heterocycles. The predicted molar refractivity (Wildman–Crippen MR) is 60.4 cm³/mol. The van der Waals surface area contributed by atoms with Crippen molar-refractivity contribution in [2.24, 2.45) is 0 Å². The third-order valence-electron chi connectivity index (χ3n) is 2.29. The van der Waals surface area contributed by atoms with Crippen molar-refractivity contribution in [2.75, 3.05) is 5.12 Å². The van der Waals surface area contributed by atoms with Crippen molar-refractivity contribution >= 4 is 23.0 Å². The summed E-state index contributed by atoms with van der Waals surface area (Å²) in [4.78, 5) is 29.9. The molecule has 102 valence electrons. The largest absolute Gasteiger partial charge is 0.480 e. The minimum atomic E-state index is -1.67. The lowest BCUT2D eigenvalue weighted by atomic mass is 10.2. The molecule has 0 aromatic heterocycles. The van der Waals surface area contributed by atoms with E-state index >= 15 is 0 Å². The number of halogens is 1. The summed E-state index contributed by atoms with van der Waals surface area (Å²) in [5.74, 6) is -1.53. The van der Waals surface area contributed by atoms with Crippen LogP contribution < -0.4 is 5.12 Å². The number of nitrogens with zero attached hydrogens (tertiary/aromatic N) is 3. The van der Waals surface area contributed by atoms with Gasteiger partial charge in [0, 0.05) is 6.07 Å². The number of carbonyl (C=O) groups is 1. The van der Waals surface area contributed by atoms with Gasteiger partial charge in [0.25, 0.3) is 5.69 Å². The van der Waals surface area contributed by atoms with E-state index in [-0.39, 0.29) is 5.12 Å². The molecule has 0 aliphatic rings. The van der Waals surface area contributed by atoms with Gasteiger partial charge in [-0.15, -0.1) is 0 Å². The highest BCUT2D eigenvalue weighted by Crippen LogP contribution is 2.33. The number of carboxylic acid groups (broad SMARTS) is 1. The molecule has 0 amide bonds. The van der Waals surface area contributed by atoms with E-state index in [9.17, 15) is 29.5 Å². The summed E-state index contributed by atoms with van der Waals surface area (Å²) >= 11 is 0. The smallest absolute Gasteiger partial charge is 0.328 e. The lowest BCUT2D eigenvalue weighted by Crippen LogP contribution is -2.33. The van der Waals surface area contributed by atoms with Gasteiger partial charge in [-0.3, -0.25) is 20.2 Å². The van der Waals surface area contributed by atoms with Gasteiger partial charge in [0.1, 0.15) is 5.69 Å². The monoisotopic (exact) mass is 273 g/mol. The molecule has 0 radical (unpaired) electrons. The second kappa shape index (κ2) is 5.25. The lowest BCUT2D eigenvalue weighted by Gasteiger charge is -2.17. The lowest BCUT2D eigenvalue weighted by molar-refractivity contribution is -0.393. The predicted octanol–water partition coefficient (Wildman–Crippen LogP) is 1.67. The number of hydrogen-bond acceptors (Lipinski definition) is 6. The second-order valence-electron chi connectivity index (χ2n) is 3.51. The third-order valence-corrected chi connectivity index (χ3v) is 2.29. The summed E-state index contributed by atoms with van der Waals surface area (Å²) in [6.45, 7) is 0.980. The molecular weight excluding hydrogens is 265 g/mol. The van der Waals surface area contributed by atoms with E-state index in [1.54, 1.807) is 0 Å². The van der Waals surface area contributed by atoms with E-state index in [1.807, 2.05) is 0 Å². The molecule has 0 spiro atoms. The Balaban J connectivity index is 3.31. The van der Waals surface area contributed by atoms with Crippen LogP contribution in [0.2, 0.25) is 0 Å². The van der Waals surface area contributed by atoms with Gasteiger partial charge in [-0.1, -0.05) is 4.48 Å². The number of nitro benzene ring substituents is 2. The van der Waals surface area contributed by atoms with Gasteiger partial charge in [0.2, 0.25) is 0 Å². The van der Waals surface area contributed by atoms with Crippen molar-refractivity contribution in [1.82, 2.24) is 0 Å². The highest BCUT2D eigenvalue weighted by atomic mass is 19.2. The zero-order chi connectivity index (χ0) is 14.7. The molecule has 10 heteroatoms. The Hall–Kier alpha value is -2.78. The topological polar surface area (TPSA) is 127 Å². The number of anilines is 1. The summed E-state index contributed by atoms with van der Waals surface area (Å²) in [6, 6.07) is 0.538. The molecule has 1 aromatic carbocycles. The molecule has 0 aliphatic carbocycles. The van der Waals surface area contributed by atoms with Crippen LogP contribution in [0, 0.1) is 20.2 Å². The minimum Gasteiger partial charge on any atom is -0.480 e. The highest BCUT2D eigenvalue weighted by molar-refractivity contribution is 5.79. The molecule has 0 fully saturated rings. The molecule has 1 aromatic rings. The Morgan fingerprint density at radius 3 is 2.37 bits per heavy atom. The Kier molecular flexibility index (Phi) is 3.94. The van der Waals surface area contributed by atoms with Gasteiger partial charge in [-0.2, -0.15) is 5.12 Å². The zero-order valence-corrected chi connectivity index (χ0v) is 9.52. The maximum Gasteiger partial charge on any atom is 0.328 e. The Morgan fingerprint density at radius 1 is 1.37 bits per heavy atom. The van der Waals surface area contributed by atoms with Crippen LogP contribution in [-0.4, -0.2) is 27.0 Å². The van der Waals surface area contributed by atoms with E-state index in [2.05, 4.69) is 0 Å². The minimum absolute atomic E-state index is 0.329. The molecule has 0 heterocycles. The van der Waals surface area contributed by atoms with Gasteiger partial charge in [-0.25, -0.2) is 4.79 Å². The molecule has 0 unspecified atom stereocenters. The van der Waals surface area contributed by atoms with Crippen molar-refractivity contribution in [2.45, 2.75) is 13.0 Å². The fourth-order valence-electron chi connectivity index (χ4n) is 1.26. The van der Waals surface area contributed by atoms with Crippen molar-refractivity contribution in [3.8, 4) is 0 Å². The average molecular weight is 273 g/mol. The second-order valence-corrected chi connectivity index (χ2v) is 3.51. The molecule has 1 N–H and O–H groups in total. The maximum absolute atomic E-state index is 13.7. The molecular formula is C9H8FN3O6. The molecule has 1 atom stereocenters. The third kappa shape index (κ3) is 2.91. The van der Waals surface area contributed by atoms with Crippen LogP contribution in [0.4, 0.5) is 21.5 Å². The highest BCUT2D eigenvalue weighted by Gasteiger charge is 2.29. The quantitative estimate of drug-likeness (QED) is 0.491. The fourth-order valence-corrected chi connectivity index (χ4v) is 1.26. The van der Waals surface area contributed by atoms with Gasteiger partial charge >= 0.3 is 11.7 Å². The number of benzene rings is 1. The number of rotatable bonds is 5. The first-order valence-corrected chi connectivity index (χ1v) is 4.86. The summed E-state index contributed by atoms with van der Waals surface area (Å²) in [5.41, 5.74) is -2.14. The number of non-ortho nitro benzene ring substituents is 1. The van der Waals surface area contributed by atoms with E-state index in [0.29, 0.717) is 6.07 Å². The Morgan fingerprint density at radius 2 is 1.95 bits per heavy atom. The molecule has 0 saturated heterocycles. The Bertz CT molecular complexity index is 549. The molecule has 9 nitrogen and oxygen atoms in total.